The molecule has 0 fully saturated rings. The van der Waals surface area contributed by atoms with Gasteiger partial charge in [0.2, 0.25) is 17.7 Å². The molecule has 15 nitrogen and oxygen atoms in total. The van der Waals surface area contributed by atoms with Gasteiger partial charge in [-0.05, 0) is 38.1 Å². The van der Waals surface area contributed by atoms with Crippen LogP contribution < -0.4 is 38.9 Å². The van der Waals surface area contributed by atoms with E-state index in [1.807, 2.05) is 6.92 Å². The van der Waals surface area contributed by atoms with E-state index in [2.05, 4.69) is 30.9 Å². The van der Waals surface area contributed by atoms with E-state index in [1.165, 1.54) is 12.5 Å². The summed E-state index contributed by atoms with van der Waals surface area (Å²) in [4.78, 5) is 61.7. The summed E-state index contributed by atoms with van der Waals surface area (Å²) < 4.78 is 0. The fraction of sp³-hybridized carbons (Fsp3) is 0.667. The molecule has 0 bridgehead atoms. The number of imidazole rings is 1. The number of rotatable bonds is 19. The number of H-pyrrole nitrogens is 1. The van der Waals surface area contributed by atoms with E-state index < -0.39 is 47.9 Å². The van der Waals surface area contributed by atoms with Crippen LogP contribution >= 0.6 is 0 Å². The molecule has 39 heavy (non-hydrogen) atoms. The minimum Gasteiger partial charge on any atom is -0.480 e. The number of carbonyl (C=O) groups is 4. The van der Waals surface area contributed by atoms with Crippen LogP contribution in [0.4, 0.5) is 0 Å². The molecule has 0 aliphatic carbocycles. The number of hydrogen-bond donors (Lipinski definition) is 9. The summed E-state index contributed by atoms with van der Waals surface area (Å²) >= 11 is 0. The molecule has 1 aromatic heterocycles. The zero-order valence-corrected chi connectivity index (χ0v) is 22.7. The van der Waals surface area contributed by atoms with E-state index in [0.717, 1.165) is 0 Å². The number of carboxylic acids is 1. The van der Waals surface area contributed by atoms with Crippen molar-refractivity contribution in [2.45, 2.75) is 83.0 Å². The molecule has 1 heterocycles. The van der Waals surface area contributed by atoms with Gasteiger partial charge >= 0.3 is 5.97 Å². The van der Waals surface area contributed by atoms with E-state index >= 15 is 0 Å². The Hall–Kier alpha value is -3.72. The molecule has 0 spiro atoms. The highest BCUT2D eigenvalue weighted by atomic mass is 16.4. The van der Waals surface area contributed by atoms with Crippen LogP contribution in [0, 0.1) is 5.92 Å². The van der Waals surface area contributed by atoms with E-state index in [-0.39, 0.29) is 31.3 Å². The van der Waals surface area contributed by atoms with Crippen LogP contribution in [0.5, 0.6) is 0 Å². The zero-order valence-electron chi connectivity index (χ0n) is 22.7. The van der Waals surface area contributed by atoms with Crippen LogP contribution in [0.3, 0.4) is 0 Å². The van der Waals surface area contributed by atoms with Gasteiger partial charge in [0, 0.05) is 24.9 Å². The first-order chi connectivity index (χ1) is 18.5. The third kappa shape index (κ3) is 12.6. The molecule has 220 valence electrons. The summed E-state index contributed by atoms with van der Waals surface area (Å²) in [7, 11) is 0. The predicted molar refractivity (Wildman–Crippen MR) is 146 cm³/mol. The summed E-state index contributed by atoms with van der Waals surface area (Å²) in [6, 6.07) is -4.20. The van der Waals surface area contributed by atoms with Gasteiger partial charge in [0.15, 0.2) is 5.96 Å². The lowest BCUT2D eigenvalue weighted by atomic mass is 9.98. The molecule has 0 aliphatic heterocycles. The van der Waals surface area contributed by atoms with E-state index in [9.17, 15) is 24.3 Å². The Morgan fingerprint density at radius 1 is 1.03 bits per heavy atom. The molecule has 5 atom stereocenters. The normalized spacial score (nSPS) is 14.8. The smallest absolute Gasteiger partial charge is 0.326 e. The minimum atomic E-state index is -1.18. The standard InChI is InChI=1S/C24H44N10O5/c1-3-14(2)19(23(38)39)34-22(37)18(11-15-12-29-13-31-15)33-21(36)17(8-6-10-30-24(27)28)32-20(35)16(26)7-4-5-9-25/h12-14,16-19H,3-11,25-26H2,1-2H3,(H,29,31)(H,32,35)(H,33,36)(H,34,37)(H,38,39)(H4,27,28,30). The number of unbranched alkanes of at least 4 members (excludes halogenated alkanes) is 1. The number of nitrogens with two attached hydrogens (primary N) is 4. The maximum atomic E-state index is 13.4. The van der Waals surface area contributed by atoms with Crippen molar-refractivity contribution in [2.75, 3.05) is 13.1 Å². The highest BCUT2D eigenvalue weighted by molar-refractivity contribution is 5.94. The molecule has 0 saturated carbocycles. The van der Waals surface area contributed by atoms with Crippen molar-refractivity contribution in [1.29, 1.82) is 0 Å². The van der Waals surface area contributed by atoms with E-state index in [0.29, 0.717) is 44.3 Å². The summed E-state index contributed by atoms with van der Waals surface area (Å²) in [6.45, 7) is 4.22. The van der Waals surface area contributed by atoms with Gasteiger partial charge in [0.1, 0.15) is 18.1 Å². The third-order valence-electron chi connectivity index (χ3n) is 6.27. The van der Waals surface area contributed by atoms with Gasteiger partial charge in [0.25, 0.3) is 0 Å². The summed E-state index contributed by atoms with van der Waals surface area (Å²) in [5.74, 6) is -3.48. The van der Waals surface area contributed by atoms with Crippen molar-refractivity contribution in [3.05, 3.63) is 18.2 Å². The molecule has 0 saturated heterocycles. The molecule has 5 unspecified atom stereocenters. The number of guanidine groups is 1. The zero-order chi connectivity index (χ0) is 29.4. The quantitative estimate of drug-likeness (QED) is 0.0519. The maximum Gasteiger partial charge on any atom is 0.326 e. The van der Waals surface area contributed by atoms with Gasteiger partial charge in [0.05, 0.1) is 12.4 Å². The molecular formula is C24H44N10O5. The van der Waals surface area contributed by atoms with E-state index in [4.69, 9.17) is 22.9 Å². The van der Waals surface area contributed by atoms with Crippen LogP contribution in [0.25, 0.3) is 0 Å². The third-order valence-corrected chi connectivity index (χ3v) is 6.27. The SMILES string of the molecule is CCC(C)C(NC(=O)C(Cc1cnc[nH]1)NC(=O)C(CCCN=C(N)N)NC(=O)C(N)CCCCN)C(=O)O. The second kappa shape index (κ2) is 17.7. The molecule has 1 rings (SSSR count). The van der Waals surface area contributed by atoms with E-state index in [1.54, 1.807) is 6.92 Å². The second-order valence-corrected chi connectivity index (χ2v) is 9.45. The lowest BCUT2D eigenvalue weighted by Gasteiger charge is -2.26. The fourth-order valence-corrected chi connectivity index (χ4v) is 3.73. The lowest BCUT2D eigenvalue weighted by Crippen LogP contribution is -2.58. The van der Waals surface area contributed by atoms with Gasteiger partial charge in [-0.2, -0.15) is 0 Å². The monoisotopic (exact) mass is 552 g/mol. The van der Waals surface area contributed by atoms with Crippen molar-refractivity contribution in [3.8, 4) is 0 Å². The molecule has 15 heteroatoms. The van der Waals surface area contributed by atoms with Crippen molar-refractivity contribution in [3.63, 3.8) is 0 Å². The average molecular weight is 553 g/mol. The van der Waals surface area contributed by atoms with Crippen molar-refractivity contribution >= 4 is 29.7 Å². The number of hydrogen-bond acceptors (Lipinski definition) is 8. The number of carboxylic acid groups (broad SMARTS) is 1. The Bertz CT molecular complexity index is 936. The van der Waals surface area contributed by atoms with Crippen molar-refractivity contribution in [1.82, 2.24) is 25.9 Å². The maximum absolute atomic E-state index is 13.4. The van der Waals surface area contributed by atoms with Gasteiger partial charge < -0.3 is 49.0 Å². The average Bonchev–Trinajstić information content (AvgIpc) is 3.40. The number of aromatic amines is 1. The lowest BCUT2D eigenvalue weighted by molar-refractivity contribution is -0.143. The van der Waals surface area contributed by atoms with Crippen LogP contribution in [0.1, 0.15) is 58.1 Å². The van der Waals surface area contributed by atoms with Crippen molar-refractivity contribution in [2.24, 2.45) is 33.8 Å². The van der Waals surface area contributed by atoms with Gasteiger partial charge in [-0.3, -0.25) is 19.4 Å². The molecule has 0 aromatic carbocycles. The van der Waals surface area contributed by atoms with Crippen LogP contribution in [-0.4, -0.2) is 82.0 Å². The Kier molecular flexibility index (Phi) is 15.1. The van der Waals surface area contributed by atoms with Crippen LogP contribution in [0.2, 0.25) is 0 Å². The number of nitrogens with zero attached hydrogens (tertiary/aromatic N) is 2. The van der Waals surface area contributed by atoms with Crippen LogP contribution in [-0.2, 0) is 25.6 Å². The van der Waals surface area contributed by atoms with Crippen LogP contribution in [0.15, 0.2) is 17.5 Å². The Labute approximate surface area is 228 Å². The number of aromatic nitrogens is 2. The van der Waals surface area contributed by atoms with Gasteiger partial charge in [-0.1, -0.05) is 26.7 Å². The fourth-order valence-electron chi connectivity index (χ4n) is 3.73. The Balaban J connectivity index is 3.09. The Morgan fingerprint density at radius 2 is 1.69 bits per heavy atom. The second-order valence-electron chi connectivity index (χ2n) is 9.45. The van der Waals surface area contributed by atoms with Gasteiger partial charge in [-0.15, -0.1) is 0 Å². The molecule has 0 radical (unpaired) electrons. The molecule has 0 aliphatic rings. The molecule has 13 N–H and O–H groups in total. The number of aliphatic imine (C=N–C) groups is 1. The first kappa shape index (κ1) is 33.3. The summed E-state index contributed by atoms with van der Waals surface area (Å²) in [6.07, 6.45) is 5.71. The largest absolute Gasteiger partial charge is 0.480 e. The minimum absolute atomic E-state index is 0.0116. The number of carbonyl (C=O) groups excluding carboxylic acids is 3. The molecule has 1 aromatic rings. The first-order valence-electron chi connectivity index (χ1n) is 13.1. The highest BCUT2D eigenvalue weighted by Crippen LogP contribution is 2.10. The summed E-state index contributed by atoms with van der Waals surface area (Å²) in [5, 5.41) is 17.4. The molecule has 3 amide bonds. The number of aliphatic carboxylic acids is 1. The van der Waals surface area contributed by atoms with Gasteiger partial charge in [-0.25, -0.2) is 9.78 Å². The predicted octanol–water partition coefficient (Wildman–Crippen LogP) is -1.95. The highest BCUT2D eigenvalue weighted by Gasteiger charge is 2.32. The molecular weight excluding hydrogens is 508 g/mol. The summed E-state index contributed by atoms with van der Waals surface area (Å²) in [5.41, 5.74) is 22.8. The Morgan fingerprint density at radius 3 is 2.26 bits per heavy atom. The number of amides is 3. The first-order valence-corrected chi connectivity index (χ1v) is 13.1. The van der Waals surface area contributed by atoms with Crippen molar-refractivity contribution < 1.29 is 24.3 Å². The topological polar surface area (TPSA) is 270 Å². The number of nitrogens with one attached hydrogen (secondary N) is 4.